The molecular formula is C12H23BrO11. The van der Waals surface area contributed by atoms with Gasteiger partial charge in [-0.15, -0.1) is 17.0 Å². The van der Waals surface area contributed by atoms with Gasteiger partial charge < -0.3 is 55.1 Å². The highest BCUT2D eigenvalue weighted by Gasteiger charge is 2.50. The van der Waals surface area contributed by atoms with Gasteiger partial charge in [-0.3, -0.25) is 0 Å². The molecule has 0 aromatic rings. The first-order valence-electron chi connectivity index (χ1n) is 7.08. The molecule has 2 aliphatic heterocycles. The van der Waals surface area contributed by atoms with Crippen LogP contribution in [0.15, 0.2) is 0 Å². The van der Waals surface area contributed by atoms with Gasteiger partial charge in [-0.05, 0) is 0 Å². The molecule has 0 aromatic carbocycles. The van der Waals surface area contributed by atoms with Crippen molar-refractivity contribution in [2.45, 2.75) is 61.4 Å². The fraction of sp³-hybridized carbons (Fsp3) is 1.00. The van der Waals surface area contributed by atoms with Gasteiger partial charge in [-0.25, -0.2) is 0 Å². The largest absolute Gasteiger partial charge is 0.394 e. The summed E-state index contributed by atoms with van der Waals surface area (Å²) in [5.41, 5.74) is 0. The van der Waals surface area contributed by atoms with Gasteiger partial charge in [-0.1, -0.05) is 0 Å². The minimum Gasteiger partial charge on any atom is -0.394 e. The summed E-state index contributed by atoms with van der Waals surface area (Å²) in [6, 6.07) is 0. The highest BCUT2D eigenvalue weighted by Crippen LogP contribution is 2.28. The lowest BCUT2D eigenvalue weighted by Crippen LogP contribution is -2.64. The van der Waals surface area contributed by atoms with Gasteiger partial charge >= 0.3 is 0 Å². The molecule has 0 aliphatic carbocycles. The second kappa shape index (κ2) is 9.12. The van der Waals surface area contributed by atoms with Gasteiger partial charge in [0, 0.05) is 0 Å². The van der Waals surface area contributed by atoms with E-state index in [1.165, 1.54) is 0 Å². The SMILES string of the molecule is Br.OC[C@H]1O[C@H](O[C@H]2[C@H](O)[C@@H](O)[C@H](O)O[C@@H]2CO)[C@H](O)[C@@H](O)[C@@H]1O. The number of ether oxygens (including phenoxy) is 3. The Labute approximate surface area is 147 Å². The van der Waals surface area contributed by atoms with Crippen LogP contribution in [-0.2, 0) is 14.2 Å². The number of aliphatic hydroxyl groups excluding tert-OH is 8. The molecule has 24 heavy (non-hydrogen) atoms. The predicted molar refractivity (Wildman–Crippen MR) is 78.9 cm³/mol. The number of hydrogen-bond acceptors (Lipinski definition) is 11. The van der Waals surface area contributed by atoms with E-state index < -0.39 is 74.6 Å². The van der Waals surface area contributed by atoms with Gasteiger partial charge in [0.15, 0.2) is 12.6 Å². The lowest BCUT2D eigenvalue weighted by Gasteiger charge is -2.45. The fourth-order valence-corrected chi connectivity index (χ4v) is 2.57. The summed E-state index contributed by atoms with van der Waals surface area (Å²) >= 11 is 0. The van der Waals surface area contributed by atoms with Crippen molar-refractivity contribution in [1.29, 1.82) is 0 Å². The van der Waals surface area contributed by atoms with Crippen molar-refractivity contribution >= 4 is 17.0 Å². The Morgan fingerprint density at radius 1 is 0.667 bits per heavy atom. The Morgan fingerprint density at radius 3 is 1.79 bits per heavy atom. The van der Waals surface area contributed by atoms with E-state index in [4.69, 9.17) is 19.3 Å². The Hall–Kier alpha value is 0.0400. The molecule has 144 valence electrons. The molecule has 2 saturated heterocycles. The minimum atomic E-state index is -1.74. The van der Waals surface area contributed by atoms with Gasteiger partial charge in [0.05, 0.1) is 13.2 Å². The van der Waals surface area contributed by atoms with Crippen LogP contribution < -0.4 is 0 Å². The molecule has 10 atom stereocenters. The molecule has 12 heteroatoms. The summed E-state index contributed by atoms with van der Waals surface area (Å²) in [6.45, 7) is -1.35. The quantitative estimate of drug-likeness (QED) is 0.217. The number of aliphatic hydroxyl groups is 8. The van der Waals surface area contributed by atoms with Crippen LogP contribution in [0.2, 0.25) is 0 Å². The maximum atomic E-state index is 9.94. The lowest BCUT2D eigenvalue weighted by molar-refractivity contribution is -0.355. The first-order chi connectivity index (χ1) is 10.8. The Morgan fingerprint density at radius 2 is 1.25 bits per heavy atom. The van der Waals surface area contributed by atoms with Crippen molar-refractivity contribution < 1.29 is 55.1 Å². The van der Waals surface area contributed by atoms with E-state index in [0.717, 1.165) is 0 Å². The number of hydrogen-bond donors (Lipinski definition) is 8. The van der Waals surface area contributed by atoms with Crippen molar-refractivity contribution in [3.8, 4) is 0 Å². The van der Waals surface area contributed by atoms with E-state index in [-0.39, 0.29) is 17.0 Å². The van der Waals surface area contributed by atoms with Gasteiger partial charge in [-0.2, -0.15) is 0 Å². The molecule has 0 radical (unpaired) electrons. The van der Waals surface area contributed by atoms with E-state index in [9.17, 15) is 35.7 Å². The van der Waals surface area contributed by atoms with Crippen molar-refractivity contribution in [2.24, 2.45) is 0 Å². The molecule has 2 rings (SSSR count). The summed E-state index contributed by atoms with van der Waals surface area (Å²) in [7, 11) is 0. The molecule has 2 aliphatic rings. The topological polar surface area (TPSA) is 190 Å². The Balaban J connectivity index is 0.00000288. The third-order valence-corrected chi connectivity index (χ3v) is 3.98. The number of rotatable bonds is 4. The van der Waals surface area contributed by atoms with Crippen LogP contribution in [0.1, 0.15) is 0 Å². The standard InChI is InChI=1S/C12H22O11.BrH/c13-1-3-5(15)6(16)9(19)12(22-3)23-10-4(2-14)21-11(20)8(18)7(10)17;/h3-20H,1-2H2;1H/t3-,4-,5-,6+,7-,8-,9-,10-,11-,12-;/m1./s1. The van der Waals surface area contributed by atoms with E-state index in [1.807, 2.05) is 0 Å². The van der Waals surface area contributed by atoms with Crippen LogP contribution in [0, 0.1) is 0 Å². The zero-order valence-electron chi connectivity index (χ0n) is 12.4. The molecule has 0 spiro atoms. The van der Waals surface area contributed by atoms with E-state index in [2.05, 4.69) is 0 Å². The van der Waals surface area contributed by atoms with Crippen molar-refractivity contribution in [1.82, 2.24) is 0 Å². The number of halogens is 1. The van der Waals surface area contributed by atoms with Crippen LogP contribution in [0.25, 0.3) is 0 Å². The molecule has 0 unspecified atom stereocenters. The van der Waals surface area contributed by atoms with E-state index in [1.54, 1.807) is 0 Å². The molecule has 2 fully saturated rings. The third-order valence-electron chi connectivity index (χ3n) is 3.98. The molecule has 2 heterocycles. The summed E-state index contributed by atoms with van der Waals surface area (Å²) in [5.74, 6) is 0. The smallest absolute Gasteiger partial charge is 0.187 e. The van der Waals surface area contributed by atoms with Crippen LogP contribution in [0.4, 0.5) is 0 Å². The van der Waals surface area contributed by atoms with Crippen LogP contribution in [0.3, 0.4) is 0 Å². The van der Waals surface area contributed by atoms with Crippen molar-refractivity contribution in [3.05, 3.63) is 0 Å². The fourth-order valence-electron chi connectivity index (χ4n) is 2.57. The first kappa shape index (κ1) is 22.1. The third kappa shape index (κ3) is 4.23. The van der Waals surface area contributed by atoms with Crippen molar-refractivity contribution in [3.63, 3.8) is 0 Å². The highest BCUT2D eigenvalue weighted by molar-refractivity contribution is 8.93. The highest BCUT2D eigenvalue weighted by atomic mass is 79.9. The zero-order chi connectivity index (χ0) is 17.3. The van der Waals surface area contributed by atoms with E-state index >= 15 is 0 Å². The molecule has 11 nitrogen and oxygen atoms in total. The zero-order valence-corrected chi connectivity index (χ0v) is 14.1. The van der Waals surface area contributed by atoms with E-state index in [0.29, 0.717) is 0 Å². The average molecular weight is 423 g/mol. The monoisotopic (exact) mass is 422 g/mol. The molecular weight excluding hydrogens is 400 g/mol. The maximum absolute atomic E-state index is 9.94. The van der Waals surface area contributed by atoms with Crippen LogP contribution in [-0.4, -0.2) is 115 Å². The van der Waals surface area contributed by atoms with Crippen LogP contribution in [0.5, 0.6) is 0 Å². The van der Waals surface area contributed by atoms with Crippen molar-refractivity contribution in [2.75, 3.05) is 13.2 Å². The Bertz CT molecular complexity index is 384. The molecule has 8 N–H and O–H groups in total. The molecule has 0 amide bonds. The second-order valence-corrected chi connectivity index (χ2v) is 5.53. The molecule has 0 saturated carbocycles. The Kier molecular flexibility index (Phi) is 8.39. The normalized spacial score (nSPS) is 49.5. The summed E-state index contributed by atoms with van der Waals surface area (Å²) < 4.78 is 15.3. The minimum absolute atomic E-state index is 0. The van der Waals surface area contributed by atoms with Gasteiger partial charge in [0.1, 0.15) is 48.8 Å². The van der Waals surface area contributed by atoms with Crippen LogP contribution >= 0.6 is 17.0 Å². The summed E-state index contributed by atoms with van der Waals surface area (Å²) in [6.07, 6.45) is -15.6. The van der Waals surface area contributed by atoms with Gasteiger partial charge in [0.25, 0.3) is 0 Å². The molecule has 0 aromatic heterocycles. The second-order valence-electron chi connectivity index (χ2n) is 5.53. The summed E-state index contributed by atoms with van der Waals surface area (Å²) in [4.78, 5) is 0. The summed E-state index contributed by atoms with van der Waals surface area (Å²) in [5, 5.41) is 76.5. The van der Waals surface area contributed by atoms with Gasteiger partial charge in [0.2, 0.25) is 0 Å². The molecule has 0 bridgehead atoms. The first-order valence-corrected chi connectivity index (χ1v) is 7.08. The average Bonchev–Trinajstić information content (AvgIpc) is 2.55. The predicted octanol–water partition coefficient (Wildman–Crippen LogP) is -4.82. The lowest BCUT2D eigenvalue weighted by atomic mass is 9.97. The maximum Gasteiger partial charge on any atom is 0.187 e.